The van der Waals surface area contributed by atoms with Crippen molar-refractivity contribution in [3.8, 4) is 5.75 Å². The summed E-state index contributed by atoms with van der Waals surface area (Å²) in [7, 11) is 1.75. The van der Waals surface area contributed by atoms with Crippen LogP contribution in [0.3, 0.4) is 0 Å². The number of carbonyl (C=O) groups is 1. The Kier molecular flexibility index (Phi) is 5.57. The standard InChI is InChI=1S/C24H25N3O3/c1-17-13-18(2)15-19(14-17)29-12-10-27-21-8-5-4-7-20(21)25-23(27)16-26(3)24(28)22-9-6-11-30-22/h4-9,11,13-15H,10,12,16H2,1-3H3. The van der Waals surface area contributed by atoms with Gasteiger partial charge in [0, 0.05) is 7.05 Å². The van der Waals surface area contributed by atoms with E-state index in [4.69, 9.17) is 14.1 Å². The van der Waals surface area contributed by atoms with Crippen LogP contribution in [0.5, 0.6) is 5.75 Å². The van der Waals surface area contributed by atoms with Gasteiger partial charge in [-0.1, -0.05) is 18.2 Å². The number of para-hydroxylation sites is 2. The van der Waals surface area contributed by atoms with Gasteiger partial charge in [0.2, 0.25) is 0 Å². The molecule has 0 N–H and O–H groups in total. The number of fused-ring (bicyclic) bond motifs is 1. The van der Waals surface area contributed by atoms with Gasteiger partial charge in [0.1, 0.15) is 18.2 Å². The van der Waals surface area contributed by atoms with E-state index in [9.17, 15) is 4.79 Å². The van der Waals surface area contributed by atoms with Crippen LogP contribution in [0.2, 0.25) is 0 Å². The molecular weight excluding hydrogens is 378 g/mol. The van der Waals surface area contributed by atoms with Crippen LogP contribution in [-0.2, 0) is 13.1 Å². The smallest absolute Gasteiger partial charge is 0.289 e. The molecule has 0 radical (unpaired) electrons. The summed E-state index contributed by atoms with van der Waals surface area (Å²) in [6, 6.07) is 17.6. The average Bonchev–Trinajstić information content (AvgIpc) is 3.35. The highest BCUT2D eigenvalue weighted by molar-refractivity contribution is 5.91. The molecule has 6 nitrogen and oxygen atoms in total. The molecule has 4 aromatic rings. The normalized spacial score (nSPS) is 11.0. The number of amides is 1. The topological polar surface area (TPSA) is 60.5 Å². The second kappa shape index (κ2) is 8.45. The SMILES string of the molecule is Cc1cc(C)cc(OCCn2c(CN(C)C(=O)c3ccco3)nc3ccccc32)c1. The lowest BCUT2D eigenvalue weighted by Crippen LogP contribution is -2.27. The summed E-state index contributed by atoms with van der Waals surface area (Å²) in [5.74, 6) is 1.81. The predicted molar refractivity (Wildman–Crippen MR) is 116 cm³/mol. The molecule has 4 rings (SSSR count). The van der Waals surface area contributed by atoms with Crippen molar-refractivity contribution in [1.29, 1.82) is 0 Å². The number of hydrogen-bond donors (Lipinski definition) is 0. The number of ether oxygens (including phenoxy) is 1. The molecular formula is C24H25N3O3. The summed E-state index contributed by atoms with van der Waals surface area (Å²) in [5, 5.41) is 0. The zero-order valence-corrected chi connectivity index (χ0v) is 17.5. The second-order valence-electron chi connectivity index (χ2n) is 7.48. The number of benzene rings is 2. The quantitative estimate of drug-likeness (QED) is 0.453. The van der Waals surface area contributed by atoms with Gasteiger partial charge in [-0.25, -0.2) is 4.98 Å². The van der Waals surface area contributed by atoms with Crippen molar-refractivity contribution < 1.29 is 13.9 Å². The van der Waals surface area contributed by atoms with Gasteiger partial charge in [0.05, 0.1) is 30.4 Å². The van der Waals surface area contributed by atoms with Crippen LogP contribution in [0.25, 0.3) is 11.0 Å². The molecule has 2 aromatic carbocycles. The van der Waals surface area contributed by atoms with Crippen LogP contribution in [0.15, 0.2) is 65.3 Å². The lowest BCUT2D eigenvalue weighted by atomic mass is 10.1. The minimum absolute atomic E-state index is 0.176. The van der Waals surface area contributed by atoms with Gasteiger partial charge in [-0.05, 0) is 61.4 Å². The number of nitrogens with zero attached hydrogens (tertiary/aromatic N) is 3. The molecule has 2 aromatic heterocycles. The lowest BCUT2D eigenvalue weighted by molar-refractivity contribution is 0.0748. The summed E-state index contributed by atoms with van der Waals surface area (Å²) in [6.45, 7) is 5.63. The van der Waals surface area contributed by atoms with E-state index in [1.807, 2.05) is 36.4 Å². The van der Waals surface area contributed by atoms with Gasteiger partial charge in [0.15, 0.2) is 5.76 Å². The fourth-order valence-electron chi connectivity index (χ4n) is 3.64. The molecule has 0 unspecified atom stereocenters. The minimum Gasteiger partial charge on any atom is -0.492 e. The summed E-state index contributed by atoms with van der Waals surface area (Å²) in [6.07, 6.45) is 1.50. The van der Waals surface area contributed by atoms with E-state index in [2.05, 4.69) is 24.5 Å². The zero-order chi connectivity index (χ0) is 21.1. The molecule has 0 aliphatic carbocycles. The van der Waals surface area contributed by atoms with Crippen LogP contribution in [0, 0.1) is 13.8 Å². The van der Waals surface area contributed by atoms with Crippen molar-refractivity contribution >= 4 is 16.9 Å². The highest BCUT2D eigenvalue weighted by Crippen LogP contribution is 2.20. The molecule has 0 bridgehead atoms. The van der Waals surface area contributed by atoms with Gasteiger partial charge < -0.3 is 18.6 Å². The van der Waals surface area contributed by atoms with Crippen LogP contribution in [0.4, 0.5) is 0 Å². The van der Waals surface area contributed by atoms with E-state index < -0.39 is 0 Å². The Balaban J connectivity index is 1.53. The first-order valence-corrected chi connectivity index (χ1v) is 9.95. The average molecular weight is 403 g/mol. The lowest BCUT2D eigenvalue weighted by Gasteiger charge is -2.17. The summed E-state index contributed by atoms with van der Waals surface area (Å²) in [5.41, 5.74) is 4.28. The fraction of sp³-hybridized carbons (Fsp3) is 0.250. The maximum absolute atomic E-state index is 12.6. The molecule has 0 aliphatic heterocycles. The van der Waals surface area contributed by atoms with Crippen LogP contribution in [0.1, 0.15) is 27.5 Å². The van der Waals surface area contributed by atoms with Gasteiger partial charge >= 0.3 is 0 Å². The third kappa shape index (κ3) is 4.22. The molecule has 2 heterocycles. The van der Waals surface area contributed by atoms with Crippen molar-refractivity contribution in [1.82, 2.24) is 14.5 Å². The van der Waals surface area contributed by atoms with E-state index in [0.717, 1.165) is 22.6 Å². The van der Waals surface area contributed by atoms with E-state index in [-0.39, 0.29) is 5.91 Å². The molecule has 1 amide bonds. The first-order chi connectivity index (χ1) is 14.5. The molecule has 6 heteroatoms. The van der Waals surface area contributed by atoms with E-state index in [0.29, 0.717) is 25.5 Å². The van der Waals surface area contributed by atoms with Gasteiger partial charge in [-0.2, -0.15) is 0 Å². The summed E-state index contributed by atoms with van der Waals surface area (Å²) >= 11 is 0. The summed E-state index contributed by atoms with van der Waals surface area (Å²) in [4.78, 5) is 18.9. The van der Waals surface area contributed by atoms with Crippen molar-refractivity contribution in [3.63, 3.8) is 0 Å². The number of imidazole rings is 1. The maximum atomic E-state index is 12.6. The molecule has 0 spiro atoms. The second-order valence-corrected chi connectivity index (χ2v) is 7.48. The van der Waals surface area contributed by atoms with Crippen molar-refractivity contribution in [2.45, 2.75) is 26.9 Å². The van der Waals surface area contributed by atoms with Crippen molar-refractivity contribution in [2.75, 3.05) is 13.7 Å². The Labute approximate surface area is 175 Å². The van der Waals surface area contributed by atoms with Crippen molar-refractivity contribution in [3.05, 3.63) is 83.6 Å². The Morgan fingerprint density at radius 2 is 1.87 bits per heavy atom. The molecule has 154 valence electrons. The van der Waals surface area contributed by atoms with Gasteiger partial charge in [-0.15, -0.1) is 0 Å². The minimum atomic E-state index is -0.176. The number of aromatic nitrogens is 2. The van der Waals surface area contributed by atoms with Crippen molar-refractivity contribution in [2.24, 2.45) is 0 Å². The Morgan fingerprint density at radius 3 is 2.60 bits per heavy atom. The van der Waals surface area contributed by atoms with Crippen LogP contribution >= 0.6 is 0 Å². The number of carbonyl (C=O) groups excluding carboxylic acids is 1. The zero-order valence-electron chi connectivity index (χ0n) is 17.5. The highest BCUT2D eigenvalue weighted by atomic mass is 16.5. The largest absolute Gasteiger partial charge is 0.492 e. The predicted octanol–water partition coefficient (Wildman–Crippen LogP) is 4.60. The monoisotopic (exact) mass is 403 g/mol. The molecule has 0 saturated heterocycles. The first kappa shape index (κ1) is 19.8. The van der Waals surface area contributed by atoms with Gasteiger partial charge in [0.25, 0.3) is 5.91 Å². The van der Waals surface area contributed by atoms with E-state index in [1.54, 1.807) is 24.1 Å². The van der Waals surface area contributed by atoms with Crippen LogP contribution < -0.4 is 4.74 Å². The first-order valence-electron chi connectivity index (χ1n) is 9.95. The van der Waals surface area contributed by atoms with Crippen LogP contribution in [-0.4, -0.2) is 34.0 Å². The Bertz CT molecular complexity index is 1140. The Hall–Kier alpha value is -3.54. The molecule has 30 heavy (non-hydrogen) atoms. The Morgan fingerprint density at radius 1 is 1.10 bits per heavy atom. The van der Waals surface area contributed by atoms with E-state index >= 15 is 0 Å². The number of rotatable bonds is 7. The fourth-order valence-corrected chi connectivity index (χ4v) is 3.64. The third-order valence-corrected chi connectivity index (χ3v) is 4.97. The molecule has 0 saturated carbocycles. The summed E-state index contributed by atoms with van der Waals surface area (Å²) < 4.78 is 13.4. The van der Waals surface area contributed by atoms with E-state index in [1.165, 1.54) is 17.4 Å². The molecule has 0 fully saturated rings. The number of hydrogen-bond acceptors (Lipinski definition) is 4. The molecule has 0 atom stereocenters. The number of aryl methyl sites for hydroxylation is 2. The number of furan rings is 1. The molecule has 0 aliphatic rings. The highest BCUT2D eigenvalue weighted by Gasteiger charge is 2.18. The third-order valence-electron chi connectivity index (χ3n) is 4.97. The maximum Gasteiger partial charge on any atom is 0.289 e. The van der Waals surface area contributed by atoms with Gasteiger partial charge in [-0.3, -0.25) is 4.79 Å².